The highest BCUT2D eigenvalue weighted by Crippen LogP contribution is 2.30. The van der Waals surface area contributed by atoms with Gasteiger partial charge in [0.15, 0.2) is 12.6 Å². The smallest absolute Gasteiger partial charge is 0.220 e. The average molecular weight is 864 g/mol. The van der Waals surface area contributed by atoms with Crippen LogP contribution in [-0.4, -0.2) is 140 Å². The number of ether oxygens (including phenoxy) is 4. The van der Waals surface area contributed by atoms with Gasteiger partial charge in [0.1, 0.15) is 48.8 Å². The minimum Gasteiger partial charge on any atom is -0.394 e. The van der Waals surface area contributed by atoms with Gasteiger partial charge in [-0.15, -0.1) is 0 Å². The van der Waals surface area contributed by atoms with Gasteiger partial charge in [0, 0.05) is 6.42 Å². The summed E-state index contributed by atoms with van der Waals surface area (Å²) < 4.78 is 22.6. The first-order valence-electron chi connectivity index (χ1n) is 24.3. The highest BCUT2D eigenvalue weighted by atomic mass is 16.7. The molecule has 2 saturated heterocycles. The van der Waals surface area contributed by atoms with Crippen LogP contribution in [0.15, 0.2) is 0 Å². The van der Waals surface area contributed by atoms with Gasteiger partial charge in [-0.3, -0.25) is 4.79 Å². The van der Waals surface area contributed by atoms with E-state index in [2.05, 4.69) is 19.2 Å². The Hall–Kier alpha value is -1.01. The Morgan fingerprint density at radius 3 is 1.42 bits per heavy atom. The van der Waals surface area contributed by atoms with Crippen molar-refractivity contribution < 1.29 is 64.6 Å². The van der Waals surface area contributed by atoms with Crippen LogP contribution in [0.2, 0.25) is 0 Å². The molecule has 14 nitrogen and oxygen atoms in total. The summed E-state index contributed by atoms with van der Waals surface area (Å²) in [6, 6.07) is -0.818. The van der Waals surface area contributed by atoms with E-state index in [4.69, 9.17) is 18.9 Å². The number of rotatable bonds is 37. The number of nitrogens with one attached hydrogen (secondary N) is 1. The van der Waals surface area contributed by atoms with Crippen LogP contribution in [0, 0.1) is 0 Å². The van der Waals surface area contributed by atoms with E-state index < -0.39 is 86.8 Å². The Labute approximate surface area is 362 Å². The molecule has 12 unspecified atom stereocenters. The maximum absolute atomic E-state index is 13.1. The third kappa shape index (κ3) is 22.1. The maximum Gasteiger partial charge on any atom is 0.220 e. The standard InChI is InChI=1S/C46H89NO13/c1-3-5-7-9-11-12-13-14-15-16-17-18-19-20-21-22-24-26-28-30-38(51)47-34(35(50)29-27-25-23-10-8-6-4-2)33-57-45-43(56)41(54)44(37(32-49)59-45)60-46-42(55)40(53)39(52)36(31-48)58-46/h34-37,39-46,48-50,52-56H,3-33H2,1-2H3,(H,47,51). The summed E-state index contributed by atoms with van der Waals surface area (Å²) in [4.78, 5) is 13.1. The minimum atomic E-state index is -1.78. The number of hydrogen-bond donors (Lipinski definition) is 9. The van der Waals surface area contributed by atoms with Crippen molar-refractivity contribution in [3.63, 3.8) is 0 Å². The van der Waals surface area contributed by atoms with Crippen LogP contribution in [0.5, 0.6) is 0 Å². The van der Waals surface area contributed by atoms with E-state index in [9.17, 15) is 45.6 Å². The normalized spacial score (nSPS) is 28.2. The van der Waals surface area contributed by atoms with Gasteiger partial charge in [0.25, 0.3) is 0 Å². The molecule has 1 amide bonds. The molecule has 0 aromatic rings. The summed E-state index contributed by atoms with van der Waals surface area (Å²) in [6.45, 7) is 2.80. The predicted octanol–water partition coefficient (Wildman–Crippen LogP) is 5.44. The number of carbonyl (C=O) groups is 1. The second kappa shape index (κ2) is 34.4. The van der Waals surface area contributed by atoms with Crippen molar-refractivity contribution in [3.05, 3.63) is 0 Å². The third-order valence-electron chi connectivity index (χ3n) is 12.3. The SMILES string of the molecule is CCCCCCCCCCCCCCCCCCCCCC(=O)NC(COC1OC(CO)C(OC2OC(CO)C(O)C(O)C2O)C(O)C1O)C(O)CCCCCCCCC. The van der Waals surface area contributed by atoms with Crippen molar-refractivity contribution in [2.45, 2.75) is 267 Å². The van der Waals surface area contributed by atoms with Gasteiger partial charge in [-0.2, -0.15) is 0 Å². The van der Waals surface area contributed by atoms with Gasteiger partial charge in [0.05, 0.1) is 32.0 Å². The first-order chi connectivity index (χ1) is 29.1. The van der Waals surface area contributed by atoms with Crippen LogP contribution in [0.4, 0.5) is 0 Å². The van der Waals surface area contributed by atoms with Crippen molar-refractivity contribution in [2.24, 2.45) is 0 Å². The predicted molar refractivity (Wildman–Crippen MR) is 231 cm³/mol. The number of amides is 1. The van der Waals surface area contributed by atoms with Gasteiger partial charge < -0.3 is 65.1 Å². The van der Waals surface area contributed by atoms with Crippen LogP contribution in [0.25, 0.3) is 0 Å². The molecule has 2 aliphatic heterocycles. The minimum absolute atomic E-state index is 0.208. The Morgan fingerprint density at radius 1 is 0.533 bits per heavy atom. The monoisotopic (exact) mass is 864 g/mol. The first kappa shape index (κ1) is 55.1. The van der Waals surface area contributed by atoms with E-state index in [-0.39, 0.29) is 12.5 Å². The fourth-order valence-electron chi connectivity index (χ4n) is 8.30. The molecule has 2 rings (SSSR count). The quantitative estimate of drug-likeness (QED) is 0.0356. The molecule has 0 aromatic heterocycles. The van der Waals surface area contributed by atoms with Crippen molar-refractivity contribution in [1.82, 2.24) is 5.32 Å². The van der Waals surface area contributed by atoms with Gasteiger partial charge in [-0.25, -0.2) is 0 Å². The van der Waals surface area contributed by atoms with Gasteiger partial charge >= 0.3 is 0 Å². The largest absolute Gasteiger partial charge is 0.394 e. The third-order valence-corrected chi connectivity index (χ3v) is 12.3. The summed E-state index contributed by atoms with van der Waals surface area (Å²) in [5.74, 6) is -0.208. The van der Waals surface area contributed by atoms with Crippen LogP contribution < -0.4 is 5.32 Å². The lowest BCUT2D eigenvalue weighted by molar-refractivity contribution is -0.359. The lowest BCUT2D eigenvalue weighted by Gasteiger charge is -2.46. The Bertz CT molecular complexity index is 1020. The van der Waals surface area contributed by atoms with Crippen LogP contribution >= 0.6 is 0 Å². The van der Waals surface area contributed by atoms with Crippen molar-refractivity contribution in [2.75, 3.05) is 19.8 Å². The van der Waals surface area contributed by atoms with E-state index in [1.807, 2.05) is 0 Å². The summed E-state index contributed by atoms with van der Waals surface area (Å²) in [5, 5.41) is 86.4. The zero-order valence-electron chi connectivity index (χ0n) is 37.5. The molecule has 0 aliphatic carbocycles. The number of unbranched alkanes of at least 4 members (excludes halogenated alkanes) is 24. The van der Waals surface area contributed by atoms with Crippen molar-refractivity contribution >= 4 is 5.91 Å². The summed E-state index contributed by atoms with van der Waals surface area (Å²) in [7, 11) is 0. The topological polar surface area (TPSA) is 228 Å². The summed E-state index contributed by atoms with van der Waals surface area (Å²) >= 11 is 0. The molecule has 2 heterocycles. The van der Waals surface area contributed by atoms with E-state index in [1.165, 1.54) is 116 Å². The van der Waals surface area contributed by atoms with E-state index in [1.54, 1.807) is 0 Å². The fourth-order valence-corrected chi connectivity index (χ4v) is 8.30. The second-order valence-corrected chi connectivity index (χ2v) is 17.6. The molecule has 356 valence electrons. The molecule has 0 bridgehead atoms. The van der Waals surface area contributed by atoms with E-state index in [0.29, 0.717) is 12.8 Å². The molecule has 0 saturated carbocycles. The zero-order chi connectivity index (χ0) is 44.0. The molecule has 0 aromatic carbocycles. The van der Waals surface area contributed by atoms with Crippen LogP contribution in [0.1, 0.15) is 194 Å². The zero-order valence-corrected chi connectivity index (χ0v) is 37.5. The number of hydrogen-bond acceptors (Lipinski definition) is 13. The fraction of sp³-hybridized carbons (Fsp3) is 0.978. The Morgan fingerprint density at radius 2 is 0.950 bits per heavy atom. The average Bonchev–Trinajstić information content (AvgIpc) is 3.24. The molecular weight excluding hydrogens is 774 g/mol. The second-order valence-electron chi connectivity index (χ2n) is 17.6. The summed E-state index contributed by atoms with van der Waals surface area (Å²) in [5.41, 5.74) is 0. The molecule has 60 heavy (non-hydrogen) atoms. The first-order valence-corrected chi connectivity index (χ1v) is 24.3. The lowest BCUT2D eigenvalue weighted by Crippen LogP contribution is -2.65. The van der Waals surface area contributed by atoms with Crippen LogP contribution in [0.3, 0.4) is 0 Å². The molecule has 9 N–H and O–H groups in total. The van der Waals surface area contributed by atoms with Gasteiger partial charge in [-0.1, -0.05) is 174 Å². The van der Waals surface area contributed by atoms with Crippen molar-refractivity contribution in [1.29, 1.82) is 0 Å². The Kier molecular flexibility index (Phi) is 31.6. The van der Waals surface area contributed by atoms with Gasteiger partial charge in [0.2, 0.25) is 5.91 Å². The Balaban J connectivity index is 1.76. The molecule has 14 heteroatoms. The van der Waals surface area contributed by atoms with E-state index in [0.717, 1.165) is 51.4 Å². The molecular formula is C46H89NO13. The van der Waals surface area contributed by atoms with Crippen molar-refractivity contribution in [3.8, 4) is 0 Å². The highest BCUT2D eigenvalue weighted by molar-refractivity contribution is 5.76. The number of aliphatic hydroxyl groups excluding tert-OH is 8. The highest BCUT2D eigenvalue weighted by Gasteiger charge is 2.51. The molecule has 0 radical (unpaired) electrons. The summed E-state index contributed by atoms with van der Waals surface area (Å²) in [6.07, 6.45) is 15.7. The lowest BCUT2D eigenvalue weighted by atomic mass is 9.97. The molecule has 12 atom stereocenters. The molecule has 2 fully saturated rings. The number of aliphatic hydroxyl groups is 8. The number of carbonyl (C=O) groups excluding carboxylic acids is 1. The maximum atomic E-state index is 13.1. The molecule has 2 aliphatic rings. The van der Waals surface area contributed by atoms with E-state index >= 15 is 0 Å². The van der Waals surface area contributed by atoms with Gasteiger partial charge in [-0.05, 0) is 12.8 Å². The molecule has 0 spiro atoms. The van der Waals surface area contributed by atoms with Crippen LogP contribution in [-0.2, 0) is 23.7 Å².